The van der Waals surface area contributed by atoms with Gasteiger partial charge in [0.1, 0.15) is 6.33 Å². The number of hydrogen-bond acceptors (Lipinski definition) is 4. The summed E-state index contributed by atoms with van der Waals surface area (Å²) in [6.07, 6.45) is 5.53. The van der Waals surface area contributed by atoms with Gasteiger partial charge in [0.25, 0.3) is 0 Å². The van der Waals surface area contributed by atoms with E-state index in [2.05, 4.69) is 40.0 Å². The summed E-state index contributed by atoms with van der Waals surface area (Å²) < 4.78 is 3.58. The van der Waals surface area contributed by atoms with Crippen molar-refractivity contribution in [3.63, 3.8) is 0 Å². The molecule has 0 amide bonds. The minimum atomic E-state index is 0.184. The molecule has 0 saturated heterocycles. The fourth-order valence-electron chi connectivity index (χ4n) is 1.93. The lowest BCUT2D eigenvalue weighted by molar-refractivity contribution is 0.724. The molecular weight excluding hydrogens is 240 g/mol. The largest absolute Gasteiger partial charge is 0.319 e. The second kappa shape index (κ2) is 4.93. The van der Waals surface area contributed by atoms with Gasteiger partial charge >= 0.3 is 0 Å². The normalized spacial score (nSPS) is 12.3. The maximum absolute atomic E-state index is 3.89. The Morgan fingerprint density at radius 2 is 2.00 bits per heavy atom. The summed E-state index contributed by atoms with van der Waals surface area (Å²) in [5.74, 6) is 0. The zero-order valence-electron chi connectivity index (χ0n) is 10.5. The van der Waals surface area contributed by atoms with E-state index in [9.17, 15) is 0 Å². The van der Waals surface area contributed by atoms with Crippen molar-refractivity contribution in [2.75, 3.05) is 5.43 Å². The monoisotopic (exact) mass is 254 g/mol. The lowest BCUT2D eigenvalue weighted by Gasteiger charge is -2.17. The maximum Gasteiger partial charge on any atom is 0.143 e. The predicted octanol–water partition coefficient (Wildman–Crippen LogP) is 1.77. The highest BCUT2D eigenvalue weighted by atomic mass is 15.5. The molecule has 0 radical (unpaired) electrons. The molecule has 1 unspecified atom stereocenters. The van der Waals surface area contributed by atoms with Gasteiger partial charge in [-0.05, 0) is 47.2 Å². The van der Waals surface area contributed by atoms with Crippen molar-refractivity contribution in [1.82, 2.24) is 24.9 Å². The minimum absolute atomic E-state index is 0.184. The highest BCUT2D eigenvalue weighted by molar-refractivity contribution is 5.36. The van der Waals surface area contributed by atoms with Gasteiger partial charge in [-0.2, -0.15) is 0 Å². The van der Waals surface area contributed by atoms with Gasteiger partial charge in [-0.15, -0.1) is 5.10 Å². The first kappa shape index (κ1) is 11.5. The third-order valence-corrected chi connectivity index (χ3v) is 2.93. The van der Waals surface area contributed by atoms with Crippen molar-refractivity contribution >= 4 is 0 Å². The van der Waals surface area contributed by atoms with Crippen molar-refractivity contribution in [2.24, 2.45) is 0 Å². The average molecular weight is 254 g/mol. The first-order valence-corrected chi connectivity index (χ1v) is 6.06. The molecule has 0 aliphatic rings. The molecule has 0 aliphatic heterocycles. The van der Waals surface area contributed by atoms with E-state index in [1.165, 1.54) is 5.56 Å². The molecule has 6 nitrogen and oxygen atoms in total. The lowest BCUT2D eigenvalue weighted by atomic mass is 10.1. The quantitative estimate of drug-likeness (QED) is 0.770. The number of hydrogen-bond donors (Lipinski definition) is 1. The first-order chi connectivity index (χ1) is 9.33. The van der Waals surface area contributed by atoms with Crippen LogP contribution in [0, 0.1) is 0 Å². The Morgan fingerprint density at radius 3 is 2.74 bits per heavy atom. The zero-order valence-corrected chi connectivity index (χ0v) is 10.5. The van der Waals surface area contributed by atoms with Crippen LogP contribution in [-0.4, -0.2) is 24.9 Å². The molecule has 1 aromatic carbocycles. The van der Waals surface area contributed by atoms with Crippen LogP contribution >= 0.6 is 0 Å². The summed E-state index contributed by atoms with van der Waals surface area (Å²) >= 11 is 0. The Morgan fingerprint density at radius 1 is 1.16 bits per heavy atom. The van der Waals surface area contributed by atoms with E-state index >= 15 is 0 Å². The van der Waals surface area contributed by atoms with Gasteiger partial charge in [-0.3, -0.25) is 4.68 Å². The fraction of sp³-hybridized carbons (Fsp3) is 0.154. The van der Waals surface area contributed by atoms with E-state index in [0.29, 0.717) is 0 Å². The summed E-state index contributed by atoms with van der Waals surface area (Å²) in [4.78, 5) is 0. The van der Waals surface area contributed by atoms with Crippen molar-refractivity contribution in [3.05, 3.63) is 60.7 Å². The van der Waals surface area contributed by atoms with Gasteiger partial charge < -0.3 is 5.43 Å². The molecular formula is C13H14N6. The van der Waals surface area contributed by atoms with Crippen LogP contribution in [0.25, 0.3) is 5.69 Å². The highest BCUT2D eigenvalue weighted by Gasteiger charge is 2.06. The van der Waals surface area contributed by atoms with Crippen LogP contribution in [-0.2, 0) is 0 Å². The third kappa shape index (κ3) is 2.47. The number of aromatic nitrogens is 5. The average Bonchev–Trinajstić information content (AvgIpc) is 3.12. The molecule has 3 aromatic rings. The topological polar surface area (TPSA) is 60.6 Å². The van der Waals surface area contributed by atoms with Crippen LogP contribution < -0.4 is 5.43 Å². The molecule has 96 valence electrons. The molecule has 3 rings (SSSR count). The van der Waals surface area contributed by atoms with Crippen LogP contribution in [0.2, 0.25) is 0 Å². The summed E-state index contributed by atoms with van der Waals surface area (Å²) in [6, 6.07) is 12.3. The van der Waals surface area contributed by atoms with Crippen LogP contribution in [0.4, 0.5) is 0 Å². The Labute approximate surface area is 110 Å². The van der Waals surface area contributed by atoms with E-state index in [1.54, 1.807) is 11.0 Å². The molecule has 19 heavy (non-hydrogen) atoms. The van der Waals surface area contributed by atoms with E-state index < -0.39 is 0 Å². The second-order valence-electron chi connectivity index (χ2n) is 4.29. The maximum atomic E-state index is 3.89. The van der Waals surface area contributed by atoms with Crippen LogP contribution in [0.5, 0.6) is 0 Å². The smallest absolute Gasteiger partial charge is 0.143 e. The van der Waals surface area contributed by atoms with Gasteiger partial charge in [0.05, 0.1) is 11.7 Å². The van der Waals surface area contributed by atoms with E-state index in [4.69, 9.17) is 0 Å². The van der Waals surface area contributed by atoms with Gasteiger partial charge in [-0.25, -0.2) is 4.68 Å². The van der Waals surface area contributed by atoms with Crippen molar-refractivity contribution < 1.29 is 0 Å². The Bertz CT molecular complexity index is 629. The minimum Gasteiger partial charge on any atom is -0.319 e. The molecule has 2 heterocycles. The first-order valence-electron chi connectivity index (χ1n) is 6.06. The highest BCUT2D eigenvalue weighted by Crippen LogP contribution is 2.17. The molecule has 2 aromatic heterocycles. The van der Waals surface area contributed by atoms with Gasteiger partial charge in [0, 0.05) is 12.4 Å². The third-order valence-electron chi connectivity index (χ3n) is 2.93. The number of rotatable bonds is 4. The lowest BCUT2D eigenvalue weighted by Crippen LogP contribution is -2.17. The van der Waals surface area contributed by atoms with E-state index in [1.807, 2.05) is 41.3 Å². The SMILES string of the molecule is CC(Nn1cccc1)c1cccc(-n2cnnn2)c1. The number of benzene rings is 1. The van der Waals surface area contributed by atoms with E-state index in [0.717, 1.165) is 5.69 Å². The second-order valence-corrected chi connectivity index (χ2v) is 4.29. The van der Waals surface area contributed by atoms with Crippen LogP contribution in [0.1, 0.15) is 18.5 Å². The summed E-state index contributed by atoms with van der Waals surface area (Å²) in [5.41, 5.74) is 5.48. The molecule has 0 spiro atoms. The van der Waals surface area contributed by atoms with Crippen LogP contribution in [0.3, 0.4) is 0 Å². The van der Waals surface area contributed by atoms with Crippen LogP contribution in [0.15, 0.2) is 55.1 Å². The number of nitrogens with zero attached hydrogens (tertiary/aromatic N) is 5. The van der Waals surface area contributed by atoms with Gasteiger partial charge in [0.15, 0.2) is 0 Å². The van der Waals surface area contributed by atoms with E-state index in [-0.39, 0.29) is 6.04 Å². The number of tetrazole rings is 1. The summed E-state index contributed by atoms with van der Waals surface area (Å²) in [6.45, 7) is 2.11. The molecule has 0 aliphatic carbocycles. The van der Waals surface area contributed by atoms with Crippen molar-refractivity contribution in [2.45, 2.75) is 13.0 Å². The Balaban J connectivity index is 1.83. The Hall–Kier alpha value is -2.63. The fourth-order valence-corrected chi connectivity index (χ4v) is 1.93. The molecule has 1 N–H and O–H groups in total. The standard InChI is InChI=1S/C13H14N6/c1-11(15-18-7-2-3-8-18)12-5-4-6-13(9-12)19-10-14-16-17-19/h2-11,15H,1H3. The van der Waals surface area contributed by atoms with Gasteiger partial charge in [-0.1, -0.05) is 12.1 Å². The molecule has 0 fully saturated rings. The van der Waals surface area contributed by atoms with Gasteiger partial charge in [0.2, 0.25) is 0 Å². The summed E-state index contributed by atoms with van der Waals surface area (Å²) in [7, 11) is 0. The molecule has 1 atom stereocenters. The van der Waals surface area contributed by atoms with Crippen molar-refractivity contribution in [1.29, 1.82) is 0 Å². The van der Waals surface area contributed by atoms with Crippen molar-refractivity contribution in [3.8, 4) is 5.69 Å². The molecule has 6 heteroatoms. The number of nitrogens with one attached hydrogen (secondary N) is 1. The zero-order chi connectivity index (χ0) is 13.1. The Kier molecular flexibility index (Phi) is 2.97. The molecule has 0 bridgehead atoms. The molecule has 0 saturated carbocycles. The summed E-state index contributed by atoms with van der Waals surface area (Å²) in [5, 5.41) is 11.2. The predicted molar refractivity (Wildman–Crippen MR) is 71.4 cm³/mol.